The largest absolute Gasteiger partial charge is 0.490 e. The highest BCUT2D eigenvalue weighted by atomic mass is 35.5. The van der Waals surface area contributed by atoms with Crippen LogP contribution in [0, 0.1) is 0 Å². The third-order valence-electron chi connectivity index (χ3n) is 4.14. The number of thioether (sulfide) groups is 1. The second kappa shape index (κ2) is 11.8. The summed E-state index contributed by atoms with van der Waals surface area (Å²) in [5, 5.41) is 16.8. The molecule has 9 heteroatoms. The van der Waals surface area contributed by atoms with Gasteiger partial charge in [0.2, 0.25) is 5.16 Å². The number of hydrogen-bond acceptors (Lipinski definition) is 7. The van der Waals surface area contributed by atoms with Crippen LogP contribution in [0.1, 0.15) is 25.8 Å². The number of tetrazole rings is 1. The summed E-state index contributed by atoms with van der Waals surface area (Å²) in [5.74, 6) is 2.24. The first-order valence-electron chi connectivity index (χ1n) is 9.98. The molecule has 7 nitrogen and oxygen atoms in total. The summed E-state index contributed by atoms with van der Waals surface area (Å²) in [6, 6.07) is 13.6. The van der Waals surface area contributed by atoms with Gasteiger partial charge in [-0.2, -0.15) is 4.68 Å². The molecule has 0 spiro atoms. The molecule has 1 aromatic heterocycles. The Morgan fingerprint density at radius 1 is 1.10 bits per heavy atom. The number of ether oxygens (including phenoxy) is 2. The molecule has 0 aliphatic carbocycles. The summed E-state index contributed by atoms with van der Waals surface area (Å²) in [7, 11) is 0. The molecule has 160 valence electrons. The maximum atomic E-state index is 6.45. The molecule has 0 amide bonds. The van der Waals surface area contributed by atoms with Gasteiger partial charge in [0.1, 0.15) is 0 Å². The normalized spacial score (nSPS) is 10.9. The minimum atomic E-state index is 0.573. The molecule has 3 aromatic rings. The quantitative estimate of drug-likeness (QED) is 0.326. The highest BCUT2D eigenvalue weighted by Gasteiger charge is 2.12. The van der Waals surface area contributed by atoms with Gasteiger partial charge in [0, 0.05) is 29.9 Å². The summed E-state index contributed by atoms with van der Waals surface area (Å²) >= 11 is 8.05. The highest BCUT2D eigenvalue weighted by Crippen LogP contribution is 2.33. The molecule has 3 rings (SSSR count). The van der Waals surface area contributed by atoms with Crippen molar-refractivity contribution in [3.63, 3.8) is 0 Å². The summed E-state index contributed by atoms with van der Waals surface area (Å²) < 4.78 is 13.2. The average molecular weight is 448 g/mol. The van der Waals surface area contributed by atoms with Crippen molar-refractivity contribution in [2.45, 2.75) is 32.0 Å². The van der Waals surface area contributed by atoms with Crippen molar-refractivity contribution in [3.05, 3.63) is 53.1 Å². The summed E-state index contributed by atoms with van der Waals surface area (Å²) in [4.78, 5) is 0. The van der Waals surface area contributed by atoms with Crippen LogP contribution in [0.15, 0.2) is 47.6 Å². The van der Waals surface area contributed by atoms with Crippen LogP contribution in [0.4, 0.5) is 0 Å². The first-order valence-corrected chi connectivity index (χ1v) is 11.3. The Labute approximate surface area is 186 Å². The predicted octanol–water partition coefficient (Wildman–Crippen LogP) is 4.39. The second-order valence-corrected chi connectivity index (χ2v) is 7.88. The third-order valence-corrected chi connectivity index (χ3v) is 5.41. The van der Waals surface area contributed by atoms with Gasteiger partial charge in [0.25, 0.3) is 0 Å². The molecule has 1 N–H and O–H groups in total. The predicted molar refractivity (Wildman–Crippen MR) is 120 cm³/mol. The molecule has 0 saturated heterocycles. The van der Waals surface area contributed by atoms with Crippen LogP contribution in [0.5, 0.6) is 11.5 Å². The highest BCUT2D eigenvalue weighted by molar-refractivity contribution is 7.99. The fourth-order valence-corrected chi connectivity index (χ4v) is 3.75. The van der Waals surface area contributed by atoms with E-state index in [0.29, 0.717) is 30.5 Å². The summed E-state index contributed by atoms with van der Waals surface area (Å²) in [6.07, 6.45) is 0.928. The Bertz CT molecular complexity index is 923. The maximum Gasteiger partial charge on any atom is 0.214 e. The molecule has 0 bridgehead atoms. The zero-order valence-corrected chi connectivity index (χ0v) is 18.7. The van der Waals surface area contributed by atoms with Gasteiger partial charge in [0.15, 0.2) is 11.5 Å². The van der Waals surface area contributed by atoms with E-state index in [2.05, 4.69) is 27.8 Å². The molecule has 0 aliphatic rings. The molecule has 2 aromatic carbocycles. The van der Waals surface area contributed by atoms with Gasteiger partial charge in [0.05, 0.1) is 18.9 Å². The fourth-order valence-electron chi connectivity index (χ4n) is 2.74. The lowest BCUT2D eigenvalue weighted by atomic mass is 10.2. The van der Waals surface area contributed by atoms with Crippen molar-refractivity contribution in [2.75, 3.05) is 25.5 Å². The van der Waals surface area contributed by atoms with Crippen molar-refractivity contribution in [2.24, 2.45) is 0 Å². The van der Waals surface area contributed by atoms with E-state index in [1.54, 1.807) is 16.4 Å². The maximum absolute atomic E-state index is 6.45. The van der Waals surface area contributed by atoms with Crippen LogP contribution in [-0.2, 0) is 6.54 Å². The van der Waals surface area contributed by atoms with Crippen molar-refractivity contribution < 1.29 is 9.47 Å². The molecule has 0 aliphatic heterocycles. The van der Waals surface area contributed by atoms with Gasteiger partial charge in [-0.3, -0.25) is 0 Å². The van der Waals surface area contributed by atoms with Gasteiger partial charge in [-0.05, 0) is 47.5 Å². The van der Waals surface area contributed by atoms with Crippen LogP contribution in [-0.4, -0.2) is 45.7 Å². The van der Waals surface area contributed by atoms with Crippen molar-refractivity contribution in [1.29, 1.82) is 0 Å². The monoisotopic (exact) mass is 447 g/mol. The zero-order valence-electron chi connectivity index (χ0n) is 17.2. The Hall–Kier alpha value is -2.29. The van der Waals surface area contributed by atoms with E-state index in [-0.39, 0.29) is 0 Å². The van der Waals surface area contributed by atoms with E-state index in [9.17, 15) is 0 Å². The fraction of sp³-hybridized carbons (Fsp3) is 0.381. The van der Waals surface area contributed by atoms with Gasteiger partial charge < -0.3 is 14.8 Å². The lowest BCUT2D eigenvalue weighted by molar-refractivity contribution is 0.276. The molecule has 0 radical (unpaired) electrons. The molecule has 30 heavy (non-hydrogen) atoms. The number of halogens is 1. The van der Waals surface area contributed by atoms with E-state index in [1.165, 1.54) is 0 Å². The Morgan fingerprint density at radius 3 is 2.67 bits per heavy atom. The average Bonchev–Trinajstić information content (AvgIpc) is 3.23. The minimum Gasteiger partial charge on any atom is -0.490 e. The number of nitrogens with one attached hydrogen (secondary N) is 1. The van der Waals surface area contributed by atoms with E-state index in [0.717, 1.165) is 40.9 Å². The Balaban J connectivity index is 1.52. The number of rotatable bonds is 12. The number of nitrogens with zero attached hydrogens (tertiary/aromatic N) is 4. The molecule has 0 saturated carbocycles. The number of hydrogen-bond donors (Lipinski definition) is 1. The molecule has 0 fully saturated rings. The Morgan fingerprint density at radius 2 is 1.90 bits per heavy atom. The van der Waals surface area contributed by atoms with E-state index in [1.807, 2.05) is 49.4 Å². The number of para-hydroxylation sites is 1. The van der Waals surface area contributed by atoms with Crippen LogP contribution >= 0.6 is 23.4 Å². The number of aromatic nitrogens is 4. The SMILES string of the molecule is CCCOc1cc(Cl)c(CNCCSc2nnnn2-c2ccccc2)cc1OCC. The van der Waals surface area contributed by atoms with Crippen LogP contribution in [0.3, 0.4) is 0 Å². The minimum absolute atomic E-state index is 0.573. The van der Waals surface area contributed by atoms with E-state index < -0.39 is 0 Å². The van der Waals surface area contributed by atoms with E-state index in [4.69, 9.17) is 21.1 Å². The van der Waals surface area contributed by atoms with Crippen molar-refractivity contribution in [3.8, 4) is 17.2 Å². The van der Waals surface area contributed by atoms with Crippen LogP contribution < -0.4 is 14.8 Å². The van der Waals surface area contributed by atoms with E-state index >= 15 is 0 Å². The van der Waals surface area contributed by atoms with Crippen LogP contribution in [0.25, 0.3) is 5.69 Å². The van der Waals surface area contributed by atoms with Crippen molar-refractivity contribution >= 4 is 23.4 Å². The molecular weight excluding hydrogens is 422 g/mol. The smallest absolute Gasteiger partial charge is 0.214 e. The summed E-state index contributed by atoms with van der Waals surface area (Å²) in [5.41, 5.74) is 1.92. The lowest BCUT2D eigenvalue weighted by Gasteiger charge is -2.15. The number of benzene rings is 2. The molecular formula is C21H26ClN5O2S. The standard InChI is InChI=1S/C21H26ClN5O2S/c1-3-11-29-20-14-18(22)16(13-19(20)28-4-2)15-23-10-12-30-21-24-25-26-27(21)17-8-6-5-7-9-17/h5-9,13-14,23H,3-4,10-12,15H2,1-2H3. The van der Waals surface area contributed by atoms with Crippen molar-refractivity contribution in [1.82, 2.24) is 25.5 Å². The first kappa shape index (κ1) is 22.4. The summed E-state index contributed by atoms with van der Waals surface area (Å²) in [6.45, 7) is 6.64. The Kier molecular flexibility index (Phi) is 8.80. The molecule has 0 atom stereocenters. The second-order valence-electron chi connectivity index (χ2n) is 6.41. The third kappa shape index (κ3) is 6.10. The zero-order chi connectivity index (χ0) is 21.2. The van der Waals surface area contributed by atoms with Gasteiger partial charge in [-0.1, -0.05) is 48.5 Å². The molecule has 0 unspecified atom stereocenters. The first-order chi connectivity index (χ1) is 14.7. The lowest BCUT2D eigenvalue weighted by Crippen LogP contribution is -2.17. The van der Waals surface area contributed by atoms with Crippen LogP contribution in [0.2, 0.25) is 5.02 Å². The van der Waals surface area contributed by atoms with Gasteiger partial charge in [-0.25, -0.2) is 0 Å². The van der Waals surface area contributed by atoms with Gasteiger partial charge >= 0.3 is 0 Å². The topological polar surface area (TPSA) is 74.1 Å². The molecule has 1 heterocycles. The van der Waals surface area contributed by atoms with Gasteiger partial charge in [-0.15, -0.1) is 5.10 Å².